The largest absolute Gasteiger partial charge is 0.391 e. The summed E-state index contributed by atoms with van der Waals surface area (Å²) in [5.74, 6) is 1.97. The Labute approximate surface area is 92.9 Å². The highest BCUT2D eigenvalue weighted by Crippen LogP contribution is 2.30. The fourth-order valence-electron chi connectivity index (χ4n) is 2.68. The van der Waals surface area contributed by atoms with Gasteiger partial charge in [-0.25, -0.2) is 4.98 Å². The van der Waals surface area contributed by atoms with Gasteiger partial charge in [0.2, 0.25) is 0 Å². The summed E-state index contributed by atoms with van der Waals surface area (Å²) < 4.78 is 0. The van der Waals surface area contributed by atoms with Crippen molar-refractivity contribution in [3.05, 3.63) is 16.7 Å². The van der Waals surface area contributed by atoms with E-state index in [9.17, 15) is 4.79 Å². The van der Waals surface area contributed by atoms with Crippen molar-refractivity contribution in [3.63, 3.8) is 0 Å². The first-order valence-corrected chi connectivity index (χ1v) is 5.54. The zero-order valence-electron chi connectivity index (χ0n) is 8.94. The number of nitrogens with two attached hydrogens (primary N) is 1. The van der Waals surface area contributed by atoms with Crippen LogP contribution in [-0.4, -0.2) is 36.1 Å². The van der Waals surface area contributed by atoms with Crippen molar-refractivity contribution >= 4 is 11.5 Å². The lowest BCUT2D eigenvalue weighted by molar-refractivity contribution is 0.533. The van der Waals surface area contributed by atoms with Crippen molar-refractivity contribution in [2.24, 2.45) is 11.8 Å². The molecule has 2 aliphatic rings. The Kier molecular flexibility index (Phi) is 2.10. The Bertz CT molecular complexity index is 445. The molecule has 0 spiro atoms. The van der Waals surface area contributed by atoms with Crippen LogP contribution in [0.2, 0.25) is 0 Å². The number of nitrogens with one attached hydrogen (secondary N) is 2. The zero-order valence-corrected chi connectivity index (χ0v) is 8.94. The van der Waals surface area contributed by atoms with Crippen molar-refractivity contribution in [1.82, 2.24) is 15.3 Å². The third kappa shape index (κ3) is 1.37. The molecule has 2 unspecified atom stereocenters. The molecule has 2 atom stereocenters. The molecule has 2 saturated heterocycles. The second kappa shape index (κ2) is 3.48. The van der Waals surface area contributed by atoms with E-state index in [2.05, 4.69) is 20.2 Å². The fraction of sp³-hybridized carbons (Fsp3) is 0.600. The molecule has 6 nitrogen and oxygen atoms in total. The molecule has 0 saturated carbocycles. The Morgan fingerprint density at radius 2 is 2.06 bits per heavy atom. The topological polar surface area (TPSA) is 87.0 Å². The number of hydrogen-bond acceptors (Lipinski definition) is 5. The Morgan fingerprint density at radius 3 is 2.75 bits per heavy atom. The van der Waals surface area contributed by atoms with Gasteiger partial charge in [-0.05, 0) is 11.8 Å². The summed E-state index contributed by atoms with van der Waals surface area (Å²) in [6.45, 7) is 4.01. The van der Waals surface area contributed by atoms with Crippen LogP contribution in [0, 0.1) is 11.8 Å². The smallest absolute Gasteiger partial charge is 0.276 e. The molecule has 1 aromatic heterocycles. The second-order valence-corrected chi connectivity index (χ2v) is 4.55. The quantitative estimate of drug-likeness (QED) is 0.566. The van der Waals surface area contributed by atoms with E-state index in [1.807, 2.05) is 0 Å². The van der Waals surface area contributed by atoms with E-state index < -0.39 is 0 Å². The molecule has 2 aliphatic heterocycles. The summed E-state index contributed by atoms with van der Waals surface area (Å²) in [5, 5.41) is 3.38. The van der Waals surface area contributed by atoms with Gasteiger partial charge in [0.15, 0.2) is 5.82 Å². The maximum atomic E-state index is 11.4. The Hall–Kier alpha value is -1.56. The predicted octanol–water partition coefficient (Wildman–Crippen LogP) is -0.992. The molecule has 86 valence electrons. The average molecular weight is 221 g/mol. The zero-order chi connectivity index (χ0) is 11.1. The monoisotopic (exact) mass is 221 g/mol. The number of hydrogen-bond donors (Lipinski definition) is 3. The lowest BCUT2D eigenvalue weighted by Gasteiger charge is -2.19. The number of nitrogens with zero attached hydrogens (tertiary/aromatic N) is 2. The number of aromatic amines is 1. The predicted molar refractivity (Wildman–Crippen MR) is 61.3 cm³/mol. The first-order chi connectivity index (χ1) is 7.75. The van der Waals surface area contributed by atoms with Gasteiger partial charge in [-0.2, -0.15) is 0 Å². The Balaban J connectivity index is 1.89. The maximum Gasteiger partial charge on any atom is 0.276 e. The summed E-state index contributed by atoms with van der Waals surface area (Å²) in [6, 6.07) is 0. The molecule has 0 amide bonds. The van der Waals surface area contributed by atoms with Crippen LogP contribution < -0.4 is 21.5 Å². The fourth-order valence-corrected chi connectivity index (χ4v) is 2.68. The van der Waals surface area contributed by atoms with Gasteiger partial charge < -0.3 is 20.9 Å². The Morgan fingerprint density at radius 1 is 1.38 bits per heavy atom. The molecular weight excluding hydrogens is 206 g/mol. The van der Waals surface area contributed by atoms with Crippen molar-refractivity contribution in [1.29, 1.82) is 0 Å². The number of aromatic nitrogens is 2. The third-order valence-electron chi connectivity index (χ3n) is 3.56. The van der Waals surface area contributed by atoms with Gasteiger partial charge in [0, 0.05) is 26.2 Å². The van der Waals surface area contributed by atoms with E-state index in [-0.39, 0.29) is 11.2 Å². The van der Waals surface area contributed by atoms with Crippen LogP contribution in [0.3, 0.4) is 0 Å². The van der Waals surface area contributed by atoms with Crippen LogP contribution in [0.5, 0.6) is 0 Å². The van der Waals surface area contributed by atoms with Crippen molar-refractivity contribution in [2.45, 2.75) is 0 Å². The molecule has 3 rings (SSSR count). The molecule has 16 heavy (non-hydrogen) atoms. The number of H-pyrrole nitrogens is 1. The molecule has 0 aliphatic carbocycles. The van der Waals surface area contributed by atoms with Crippen LogP contribution in [-0.2, 0) is 0 Å². The molecule has 3 heterocycles. The van der Waals surface area contributed by atoms with E-state index in [4.69, 9.17) is 5.73 Å². The van der Waals surface area contributed by atoms with Crippen molar-refractivity contribution in [3.8, 4) is 0 Å². The second-order valence-electron chi connectivity index (χ2n) is 4.55. The lowest BCUT2D eigenvalue weighted by atomic mass is 10.0. The minimum Gasteiger partial charge on any atom is -0.391 e. The minimum absolute atomic E-state index is 0.232. The van der Waals surface area contributed by atoms with Crippen LogP contribution in [0.15, 0.2) is 11.1 Å². The van der Waals surface area contributed by atoms with Gasteiger partial charge >= 0.3 is 0 Å². The molecular formula is C10H15N5O. The summed E-state index contributed by atoms with van der Waals surface area (Å²) >= 11 is 0. The average Bonchev–Trinajstić information content (AvgIpc) is 2.81. The first kappa shape index (κ1) is 9.65. The highest BCUT2D eigenvalue weighted by atomic mass is 16.1. The van der Waals surface area contributed by atoms with Gasteiger partial charge in [0.1, 0.15) is 5.69 Å². The van der Waals surface area contributed by atoms with Crippen molar-refractivity contribution < 1.29 is 0 Å². The van der Waals surface area contributed by atoms with Gasteiger partial charge in [-0.15, -0.1) is 0 Å². The van der Waals surface area contributed by atoms with E-state index in [1.165, 1.54) is 6.33 Å². The molecule has 6 heteroatoms. The normalized spacial score (nSPS) is 28.4. The van der Waals surface area contributed by atoms with Crippen LogP contribution in [0.1, 0.15) is 0 Å². The molecule has 2 fully saturated rings. The van der Waals surface area contributed by atoms with Gasteiger partial charge in [0.25, 0.3) is 5.56 Å². The summed E-state index contributed by atoms with van der Waals surface area (Å²) in [6.07, 6.45) is 1.42. The molecule has 4 N–H and O–H groups in total. The molecule has 0 bridgehead atoms. The summed E-state index contributed by atoms with van der Waals surface area (Å²) in [5.41, 5.74) is 5.73. The third-order valence-corrected chi connectivity index (χ3v) is 3.56. The standard InChI is InChI=1S/C10H15N5O/c11-8-9(13-5-14-10(8)16)15-3-6-1-12-2-7(6)4-15/h5-7,12H,1-4,11H2,(H,13,14,16). The van der Waals surface area contributed by atoms with Gasteiger partial charge in [-0.3, -0.25) is 4.79 Å². The lowest BCUT2D eigenvalue weighted by Crippen LogP contribution is -2.29. The van der Waals surface area contributed by atoms with Gasteiger partial charge in [-0.1, -0.05) is 0 Å². The van der Waals surface area contributed by atoms with Crippen LogP contribution in [0.25, 0.3) is 0 Å². The SMILES string of the molecule is Nc1c(N2CC3CNCC3C2)nc[nH]c1=O. The van der Waals surface area contributed by atoms with Gasteiger partial charge in [0.05, 0.1) is 6.33 Å². The number of fused-ring (bicyclic) bond motifs is 1. The van der Waals surface area contributed by atoms with E-state index in [1.54, 1.807) is 0 Å². The van der Waals surface area contributed by atoms with E-state index in [0.29, 0.717) is 17.7 Å². The summed E-state index contributed by atoms with van der Waals surface area (Å²) in [4.78, 5) is 20.2. The maximum absolute atomic E-state index is 11.4. The number of nitrogen functional groups attached to an aromatic ring is 1. The van der Waals surface area contributed by atoms with Crippen molar-refractivity contribution in [2.75, 3.05) is 36.8 Å². The molecule has 0 aromatic carbocycles. The van der Waals surface area contributed by atoms with Crippen LogP contribution >= 0.6 is 0 Å². The number of anilines is 2. The molecule has 1 aromatic rings. The van der Waals surface area contributed by atoms with E-state index >= 15 is 0 Å². The minimum atomic E-state index is -0.250. The first-order valence-electron chi connectivity index (χ1n) is 5.54. The van der Waals surface area contributed by atoms with E-state index in [0.717, 1.165) is 26.2 Å². The number of rotatable bonds is 1. The highest BCUT2D eigenvalue weighted by molar-refractivity contribution is 5.61. The summed E-state index contributed by atoms with van der Waals surface area (Å²) in [7, 11) is 0. The highest BCUT2D eigenvalue weighted by Gasteiger charge is 2.37. The molecule has 0 radical (unpaired) electrons. The van der Waals surface area contributed by atoms with Crippen LogP contribution in [0.4, 0.5) is 11.5 Å².